The molecule has 0 radical (unpaired) electrons. The van der Waals surface area contributed by atoms with Gasteiger partial charge in [-0.05, 0) is 60.8 Å². The fourth-order valence-electron chi connectivity index (χ4n) is 5.85. The highest BCUT2D eigenvalue weighted by Gasteiger charge is 2.37. The van der Waals surface area contributed by atoms with Crippen LogP contribution in [-0.2, 0) is 14.3 Å². The molecular weight excluding hydrogens is 444 g/mol. The Labute approximate surface area is 205 Å². The van der Waals surface area contributed by atoms with Crippen LogP contribution in [0.5, 0.6) is 0 Å². The first kappa shape index (κ1) is 23.4. The van der Waals surface area contributed by atoms with Crippen molar-refractivity contribution >= 4 is 18.0 Å². The first-order chi connectivity index (χ1) is 16.9. The summed E-state index contributed by atoms with van der Waals surface area (Å²) < 4.78 is 5.63. The van der Waals surface area contributed by atoms with Gasteiger partial charge in [-0.2, -0.15) is 0 Å². The smallest absolute Gasteiger partial charge is 0.407 e. The van der Waals surface area contributed by atoms with Gasteiger partial charge in [0.05, 0.1) is 5.92 Å². The van der Waals surface area contributed by atoms with Crippen LogP contribution in [0.1, 0.15) is 56.1 Å². The summed E-state index contributed by atoms with van der Waals surface area (Å²) in [5.74, 6) is -1.04. The third-order valence-electron chi connectivity index (χ3n) is 7.92. The van der Waals surface area contributed by atoms with Gasteiger partial charge >= 0.3 is 12.1 Å². The van der Waals surface area contributed by atoms with Crippen LogP contribution < -0.4 is 5.32 Å². The zero-order chi connectivity index (χ0) is 24.5. The quantitative estimate of drug-likeness (QED) is 0.644. The second kappa shape index (κ2) is 9.72. The zero-order valence-corrected chi connectivity index (χ0v) is 20.0. The first-order valence-electron chi connectivity index (χ1n) is 12.5. The monoisotopic (exact) mass is 476 g/mol. The van der Waals surface area contributed by atoms with Gasteiger partial charge in [0.15, 0.2) is 0 Å². The van der Waals surface area contributed by atoms with E-state index in [9.17, 15) is 19.5 Å². The van der Waals surface area contributed by atoms with Crippen molar-refractivity contribution < 1.29 is 24.2 Å². The number of ether oxygens (including phenoxy) is 1. The SMILES string of the molecule is CC1CCC(C(=O)O)CN1C(=O)CC1CC(NC(=O)OCC2c3ccccc3-c3ccccc32)C1. The van der Waals surface area contributed by atoms with E-state index in [0.717, 1.165) is 19.3 Å². The summed E-state index contributed by atoms with van der Waals surface area (Å²) in [6.45, 7) is 2.56. The number of carbonyl (C=O) groups excluding carboxylic acids is 2. The van der Waals surface area contributed by atoms with E-state index >= 15 is 0 Å². The maximum Gasteiger partial charge on any atom is 0.407 e. The molecule has 7 heteroatoms. The molecule has 5 rings (SSSR count). The first-order valence-corrected chi connectivity index (χ1v) is 12.5. The molecule has 0 bridgehead atoms. The maximum atomic E-state index is 12.8. The molecule has 2 N–H and O–H groups in total. The number of nitrogens with zero attached hydrogens (tertiary/aromatic N) is 1. The Morgan fingerprint density at radius 2 is 1.63 bits per heavy atom. The van der Waals surface area contributed by atoms with Crippen molar-refractivity contribution in [2.24, 2.45) is 11.8 Å². The van der Waals surface area contributed by atoms with Gasteiger partial charge in [-0.3, -0.25) is 9.59 Å². The lowest BCUT2D eigenvalue weighted by molar-refractivity contribution is -0.147. The third-order valence-corrected chi connectivity index (χ3v) is 7.92. The predicted octanol–water partition coefficient (Wildman–Crippen LogP) is 4.41. The van der Waals surface area contributed by atoms with Crippen LogP contribution in [0.3, 0.4) is 0 Å². The number of alkyl carbamates (subject to hydrolysis) is 1. The van der Waals surface area contributed by atoms with Gasteiger partial charge in [-0.1, -0.05) is 48.5 Å². The minimum Gasteiger partial charge on any atom is -0.481 e. The molecule has 2 aliphatic carbocycles. The normalized spacial score (nSPS) is 25.2. The molecule has 0 spiro atoms. The summed E-state index contributed by atoms with van der Waals surface area (Å²) in [4.78, 5) is 38.3. The lowest BCUT2D eigenvalue weighted by Crippen LogP contribution is -2.50. The Kier molecular flexibility index (Phi) is 6.50. The van der Waals surface area contributed by atoms with Crippen molar-refractivity contribution in [1.82, 2.24) is 10.2 Å². The van der Waals surface area contributed by atoms with E-state index in [0.29, 0.717) is 19.4 Å². The van der Waals surface area contributed by atoms with Crippen LogP contribution >= 0.6 is 0 Å². The summed E-state index contributed by atoms with van der Waals surface area (Å²) >= 11 is 0. The Balaban J connectivity index is 1.08. The number of nitrogens with one attached hydrogen (secondary N) is 1. The molecule has 7 nitrogen and oxygen atoms in total. The largest absolute Gasteiger partial charge is 0.481 e. The van der Waals surface area contributed by atoms with Gasteiger partial charge in [0.25, 0.3) is 0 Å². The maximum absolute atomic E-state index is 12.8. The van der Waals surface area contributed by atoms with Crippen LogP contribution in [0.15, 0.2) is 48.5 Å². The number of carbonyl (C=O) groups is 3. The van der Waals surface area contributed by atoms with E-state index in [2.05, 4.69) is 29.6 Å². The van der Waals surface area contributed by atoms with Crippen LogP contribution in [0, 0.1) is 11.8 Å². The Morgan fingerprint density at radius 3 is 2.26 bits per heavy atom. The Hall–Kier alpha value is -3.35. The van der Waals surface area contributed by atoms with Crippen LogP contribution in [0.25, 0.3) is 11.1 Å². The van der Waals surface area contributed by atoms with Crippen molar-refractivity contribution in [3.63, 3.8) is 0 Å². The number of hydrogen-bond donors (Lipinski definition) is 2. The van der Waals surface area contributed by atoms with Crippen molar-refractivity contribution in [1.29, 1.82) is 0 Å². The molecule has 2 aromatic rings. The minimum absolute atomic E-state index is 0.00833. The number of benzene rings is 2. The number of carboxylic acid groups (broad SMARTS) is 1. The van der Waals surface area contributed by atoms with Gasteiger partial charge in [0.2, 0.25) is 5.91 Å². The number of hydrogen-bond acceptors (Lipinski definition) is 4. The molecule has 1 saturated heterocycles. The number of amides is 2. The summed E-state index contributed by atoms with van der Waals surface area (Å²) in [6, 6.07) is 16.6. The van der Waals surface area contributed by atoms with Crippen molar-refractivity contribution in [2.75, 3.05) is 13.2 Å². The lowest BCUT2D eigenvalue weighted by atomic mass is 9.77. The molecule has 2 amide bonds. The molecule has 35 heavy (non-hydrogen) atoms. The minimum atomic E-state index is -0.828. The van der Waals surface area contributed by atoms with Gasteiger partial charge in [0, 0.05) is 31.0 Å². The molecule has 0 aromatic heterocycles. The second-order valence-corrected chi connectivity index (χ2v) is 10.2. The molecule has 2 unspecified atom stereocenters. The number of likely N-dealkylation sites (tertiary alicyclic amines) is 1. The molecular formula is C28H32N2O5. The zero-order valence-electron chi connectivity index (χ0n) is 20.0. The molecule has 2 aromatic carbocycles. The average molecular weight is 477 g/mol. The van der Waals surface area contributed by atoms with Crippen molar-refractivity contribution in [3.05, 3.63) is 59.7 Å². The van der Waals surface area contributed by atoms with E-state index in [4.69, 9.17) is 4.74 Å². The molecule has 184 valence electrons. The topological polar surface area (TPSA) is 95.9 Å². The van der Waals surface area contributed by atoms with E-state index in [1.165, 1.54) is 22.3 Å². The lowest BCUT2D eigenvalue weighted by Gasteiger charge is -2.40. The average Bonchev–Trinajstić information content (AvgIpc) is 3.15. The van der Waals surface area contributed by atoms with Crippen molar-refractivity contribution in [3.8, 4) is 11.1 Å². The van der Waals surface area contributed by atoms with Crippen LogP contribution in [0.4, 0.5) is 4.79 Å². The summed E-state index contributed by atoms with van der Waals surface area (Å²) in [5, 5.41) is 12.2. The fraction of sp³-hybridized carbons (Fsp3) is 0.464. The Morgan fingerprint density at radius 1 is 1.00 bits per heavy atom. The molecule has 2 fully saturated rings. The second-order valence-electron chi connectivity index (χ2n) is 10.2. The predicted molar refractivity (Wildman–Crippen MR) is 131 cm³/mol. The number of aliphatic carboxylic acids is 1. The third kappa shape index (κ3) is 4.77. The van der Waals surface area contributed by atoms with E-state index in [-0.39, 0.29) is 36.4 Å². The van der Waals surface area contributed by atoms with E-state index < -0.39 is 18.0 Å². The summed E-state index contributed by atoms with van der Waals surface area (Å²) in [5.41, 5.74) is 4.75. The van der Waals surface area contributed by atoms with Crippen LogP contribution in [0.2, 0.25) is 0 Å². The van der Waals surface area contributed by atoms with Gasteiger partial charge in [-0.15, -0.1) is 0 Å². The van der Waals surface area contributed by atoms with Gasteiger partial charge in [-0.25, -0.2) is 4.79 Å². The molecule has 1 aliphatic heterocycles. The van der Waals surface area contributed by atoms with E-state index in [1.807, 2.05) is 31.2 Å². The molecule has 1 heterocycles. The Bertz CT molecular complexity index is 1080. The number of rotatable bonds is 6. The van der Waals surface area contributed by atoms with E-state index in [1.54, 1.807) is 4.90 Å². The van der Waals surface area contributed by atoms with Crippen LogP contribution in [-0.4, -0.2) is 53.2 Å². The fourth-order valence-corrected chi connectivity index (χ4v) is 5.85. The number of piperidine rings is 1. The number of fused-ring (bicyclic) bond motifs is 3. The van der Waals surface area contributed by atoms with Gasteiger partial charge in [0.1, 0.15) is 6.61 Å². The summed E-state index contributed by atoms with van der Waals surface area (Å²) in [7, 11) is 0. The summed E-state index contributed by atoms with van der Waals surface area (Å²) in [6.07, 6.45) is 2.80. The standard InChI is InChI=1S/C28H32N2O5/c1-17-10-11-19(27(32)33)15-30(17)26(31)14-18-12-20(13-18)29-28(34)35-16-25-23-8-4-2-6-21(23)22-7-3-5-9-24(22)25/h2-9,17-20,25H,10-16H2,1H3,(H,29,34)(H,32,33). The molecule has 3 aliphatic rings. The highest BCUT2D eigenvalue weighted by molar-refractivity contribution is 5.80. The van der Waals surface area contributed by atoms with Crippen molar-refractivity contribution in [2.45, 2.75) is 57.0 Å². The molecule has 2 atom stereocenters. The highest BCUT2D eigenvalue weighted by Crippen LogP contribution is 2.44. The highest BCUT2D eigenvalue weighted by atomic mass is 16.5. The van der Waals surface area contributed by atoms with Gasteiger partial charge < -0.3 is 20.1 Å². The molecule has 1 saturated carbocycles. The number of carboxylic acids is 1.